The van der Waals surface area contributed by atoms with Crippen molar-refractivity contribution in [3.8, 4) is 11.5 Å². The summed E-state index contributed by atoms with van der Waals surface area (Å²) in [6.07, 6.45) is 4.07. The van der Waals surface area contributed by atoms with Gasteiger partial charge in [0.15, 0.2) is 0 Å². The van der Waals surface area contributed by atoms with Gasteiger partial charge in [-0.2, -0.15) is 0 Å². The van der Waals surface area contributed by atoms with E-state index < -0.39 is 0 Å². The van der Waals surface area contributed by atoms with Crippen LogP contribution in [-0.4, -0.2) is 41.0 Å². The molecule has 1 aromatic carbocycles. The van der Waals surface area contributed by atoms with Gasteiger partial charge in [-0.3, -0.25) is 14.7 Å². The lowest BCUT2D eigenvalue weighted by atomic mass is 9.80. The van der Waals surface area contributed by atoms with Crippen LogP contribution in [0.1, 0.15) is 35.8 Å². The van der Waals surface area contributed by atoms with Crippen molar-refractivity contribution in [2.45, 2.75) is 38.8 Å². The van der Waals surface area contributed by atoms with E-state index in [0.717, 1.165) is 18.8 Å². The Morgan fingerprint density at radius 2 is 1.96 bits per heavy atom. The predicted molar refractivity (Wildman–Crippen MR) is 101 cm³/mol. The van der Waals surface area contributed by atoms with Gasteiger partial charge in [0.25, 0.3) is 5.91 Å². The number of piperidine rings is 3. The Morgan fingerprint density at radius 1 is 1.19 bits per heavy atom. The number of carbonyl (C=O) groups is 1. The molecule has 3 aliphatic rings. The Morgan fingerprint density at radius 3 is 2.58 bits per heavy atom. The molecule has 0 saturated carbocycles. The molecule has 3 saturated heterocycles. The summed E-state index contributed by atoms with van der Waals surface area (Å²) in [4.78, 5) is 19.3. The molecule has 5 heteroatoms. The fourth-order valence-corrected chi connectivity index (χ4v) is 4.04. The molecule has 26 heavy (non-hydrogen) atoms. The van der Waals surface area contributed by atoms with Crippen LogP contribution in [0.2, 0.25) is 0 Å². The summed E-state index contributed by atoms with van der Waals surface area (Å²) in [7, 11) is 0. The van der Waals surface area contributed by atoms with Crippen molar-refractivity contribution in [1.82, 2.24) is 15.2 Å². The molecular formula is C21H25N3O2. The van der Waals surface area contributed by atoms with E-state index in [-0.39, 0.29) is 11.9 Å². The number of hydrogen-bond acceptors (Lipinski definition) is 4. The summed E-state index contributed by atoms with van der Waals surface area (Å²) in [5, 5.41) is 3.23. The van der Waals surface area contributed by atoms with Crippen molar-refractivity contribution in [2.24, 2.45) is 5.92 Å². The van der Waals surface area contributed by atoms with Crippen molar-refractivity contribution in [1.29, 1.82) is 0 Å². The predicted octanol–water partition coefficient (Wildman–Crippen LogP) is 3.39. The molecule has 1 N–H and O–H groups in total. The molecule has 1 amide bonds. The molecule has 3 fully saturated rings. The molecule has 4 unspecified atom stereocenters. The second kappa shape index (κ2) is 7.08. The zero-order valence-corrected chi connectivity index (χ0v) is 15.3. The van der Waals surface area contributed by atoms with Crippen molar-refractivity contribution in [2.75, 3.05) is 13.1 Å². The molecule has 5 nitrogen and oxygen atoms in total. The number of carbonyl (C=O) groups excluding carboxylic acids is 1. The number of ether oxygens (including phenoxy) is 1. The monoisotopic (exact) mass is 351 g/mol. The van der Waals surface area contributed by atoms with Gasteiger partial charge in [-0.05, 0) is 75.5 Å². The molecule has 5 rings (SSSR count). The van der Waals surface area contributed by atoms with Crippen LogP contribution >= 0.6 is 0 Å². The average molecular weight is 351 g/mol. The molecular weight excluding hydrogens is 326 g/mol. The highest BCUT2D eigenvalue weighted by Gasteiger charge is 2.38. The largest absolute Gasteiger partial charge is 0.456 e. The van der Waals surface area contributed by atoms with Crippen molar-refractivity contribution < 1.29 is 9.53 Å². The third-order valence-corrected chi connectivity index (χ3v) is 5.61. The van der Waals surface area contributed by atoms with E-state index in [4.69, 9.17) is 4.74 Å². The number of fused-ring (bicyclic) bond motifs is 3. The van der Waals surface area contributed by atoms with Crippen LogP contribution in [-0.2, 0) is 0 Å². The maximum atomic E-state index is 12.6. The fraction of sp³-hybridized carbons (Fsp3) is 0.429. The highest BCUT2D eigenvalue weighted by Crippen LogP contribution is 2.32. The minimum atomic E-state index is -0.0000411. The molecule has 2 bridgehead atoms. The van der Waals surface area contributed by atoms with Gasteiger partial charge in [0.2, 0.25) is 0 Å². The third-order valence-electron chi connectivity index (χ3n) is 5.61. The van der Waals surface area contributed by atoms with E-state index in [1.165, 1.54) is 12.8 Å². The zero-order valence-electron chi connectivity index (χ0n) is 15.3. The number of hydrogen-bond donors (Lipinski definition) is 1. The van der Waals surface area contributed by atoms with Gasteiger partial charge < -0.3 is 10.1 Å². The number of aryl methyl sites for hydroxylation is 1. The standard InChI is InChI=1S/C21H25N3O2/c1-14-3-6-19(12-22-14)26-18-7-4-16(5-8-18)21(25)23-20-13-24-10-9-17(20)11-15(24)2/h3-8,12,15,17,20H,9-11,13H2,1-2H3,(H,23,25). The maximum absolute atomic E-state index is 12.6. The van der Waals surface area contributed by atoms with Crippen molar-refractivity contribution >= 4 is 5.91 Å². The Labute approximate surface area is 154 Å². The fourth-order valence-electron chi connectivity index (χ4n) is 4.04. The third kappa shape index (κ3) is 3.58. The SMILES string of the molecule is Cc1ccc(Oc2ccc(C(=O)NC3CN4CCC3CC4C)cc2)cn1. The number of aromatic nitrogens is 1. The van der Waals surface area contributed by atoms with Gasteiger partial charge in [0.1, 0.15) is 11.5 Å². The maximum Gasteiger partial charge on any atom is 0.251 e. The number of benzene rings is 1. The summed E-state index contributed by atoms with van der Waals surface area (Å²) in [5.41, 5.74) is 1.62. The van der Waals surface area contributed by atoms with Crippen LogP contribution in [0.25, 0.3) is 0 Å². The molecule has 4 heterocycles. The van der Waals surface area contributed by atoms with Gasteiger partial charge in [0.05, 0.1) is 6.20 Å². The number of pyridine rings is 1. The Hall–Kier alpha value is -2.40. The first kappa shape index (κ1) is 17.0. The van der Waals surface area contributed by atoms with E-state index in [9.17, 15) is 4.79 Å². The Balaban J connectivity index is 1.37. The van der Waals surface area contributed by atoms with Gasteiger partial charge in [-0.25, -0.2) is 0 Å². The second-order valence-corrected chi connectivity index (χ2v) is 7.47. The van der Waals surface area contributed by atoms with Gasteiger partial charge >= 0.3 is 0 Å². The lowest BCUT2D eigenvalue weighted by Crippen LogP contribution is -2.60. The molecule has 4 atom stereocenters. The number of amides is 1. The van der Waals surface area contributed by atoms with Gasteiger partial charge in [-0.1, -0.05) is 0 Å². The first-order valence-corrected chi connectivity index (χ1v) is 9.34. The van der Waals surface area contributed by atoms with Crippen molar-refractivity contribution in [3.63, 3.8) is 0 Å². The lowest BCUT2D eigenvalue weighted by Gasteiger charge is -2.48. The molecule has 0 radical (unpaired) electrons. The molecule has 2 aromatic rings. The topological polar surface area (TPSA) is 54.5 Å². The highest BCUT2D eigenvalue weighted by molar-refractivity contribution is 5.94. The molecule has 0 aliphatic carbocycles. The molecule has 3 aliphatic heterocycles. The number of nitrogens with one attached hydrogen (secondary N) is 1. The highest BCUT2D eigenvalue weighted by atomic mass is 16.5. The van der Waals surface area contributed by atoms with Crippen LogP contribution in [0, 0.1) is 12.8 Å². The smallest absolute Gasteiger partial charge is 0.251 e. The number of nitrogens with zero attached hydrogens (tertiary/aromatic N) is 2. The Bertz CT molecular complexity index is 773. The summed E-state index contributed by atoms with van der Waals surface area (Å²) in [6, 6.07) is 12.0. The van der Waals surface area contributed by atoms with Gasteiger partial charge in [-0.15, -0.1) is 0 Å². The average Bonchev–Trinajstić information content (AvgIpc) is 2.65. The van der Waals surface area contributed by atoms with E-state index in [1.54, 1.807) is 6.20 Å². The van der Waals surface area contributed by atoms with E-state index in [1.807, 2.05) is 43.3 Å². The first-order chi connectivity index (χ1) is 12.6. The van der Waals surface area contributed by atoms with Crippen LogP contribution < -0.4 is 10.1 Å². The molecule has 0 spiro atoms. The zero-order chi connectivity index (χ0) is 18.1. The molecule has 136 valence electrons. The normalized spacial score (nSPS) is 27.2. The minimum Gasteiger partial charge on any atom is -0.456 e. The Kier molecular flexibility index (Phi) is 4.64. The van der Waals surface area contributed by atoms with Crippen LogP contribution in [0.3, 0.4) is 0 Å². The van der Waals surface area contributed by atoms with E-state index in [0.29, 0.717) is 29.0 Å². The quantitative estimate of drug-likeness (QED) is 0.917. The minimum absolute atomic E-state index is 0.0000411. The second-order valence-electron chi connectivity index (χ2n) is 7.47. The summed E-state index contributed by atoms with van der Waals surface area (Å²) in [5.74, 6) is 1.99. The van der Waals surface area contributed by atoms with Crippen LogP contribution in [0.5, 0.6) is 11.5 Å². The van der Waals surface area contributed by atoms with Crippen LogP contribution in [0.4, 0.5) is 0 Å². The van der Waals surface area contributed by atoms with Crippen molar-refractivity contribution in [3.05, 3.63) is 53.9 Å². The van der Waals surface area contributed by atoms with Crippen LogP contribution in [0.15, 0.2) is 42.6 Å². The summed E-state index contributed by atoms with van der Waals surface area (Å²) < 4.78 is 5.77. The molecule has 1 aromatic heterocycles. The van der Waals surface area contributed by atoms with E-state index >= 15 is 0 Å². The lowest BCUT2D eigenvalue weighted by molar-refractivity contribution is 0.0274. The first-order valence-electron chi connectivity index (χ1n) is 9.34. The van der Waals surface area contributed by atoms with Gasteiger partial charge in [0, 0.05) is 29.9 Å². The summed E-state index contributed by atoms with van der Waals surface area (Å²) in [6.45, 7) is 6.36. The summed E-state index contributed by atoms with van der Waals surface area (Å²) >= 11 is 0. The number of rotatable bonds is 4. The van der Waals surface area contributed by atoms with E-state index in [2.05, 4.69) is 22.1 Å².